The predicted octanol–water partition coefficient (Wildman–Crippen LogP) is 5.26. The van der Waals surface area contributed by atoms with Crippen LogP contribution in [-0.2, 0) is 6.42 Å². The van der Waals surface area contributed by atoms with Gasteiger partial charge in [-0.05, 0) is 54.6 Å². The van der Waals surface area contributed by atoms with Crippen molar-refractivity contribution in [2.45, 2.75) is 26.3 Å². The molecule has 1 atom stereocenters. The Labute approximate surface area is 128 Å². The maximum atomic E-state index is 6.08. The Morgan fingerprint density at radius 1 is 1.21 bits per heavy atom. The van der Waals surface area contributed by atoms with Crippen LogP contribution >= 0.6 is 34.5 Å². The summed E-state index contributed by atoms with van der Waals surface area (Å²) in [4.78, 5) is 1.37. The van der Waals surface area contributed by atoms with Gasteiger partial charge in [-0.3, -0.25) is 0 Å². The van der Waals surface area contributed by atoms with Gasteiger partial charge in [-0.15, -0.1) is 11.3 Å². The highest BCUT2D eigenvalue weighted by atomic mass is 35.5. The van der Waals surface area contributed by atoms with E-state index in [1.807, 2.05) is 18.2 Å². The van der Waals surface area contributed by atoms with Crippen molar-refractivity contribution in [3.05, 3.63) is 55.7 Å². The molecule has 102 valence electrons. The molecular weight excluding hydrogens is 297 g/mol. The molecule has 0 radical (unpaired) electrons. The van der Waals surface area contributed by atoms with Crippen LogP contribution in [-0.4, -0.2) is 6.54 Å². The zero-order valence-electron chi connectivity index (χ0n) is 11.0. The zero-order chi connectivity index (χ0) is 13.8. The minimum Gasteiger partial charge on any atom is -0.310 e. The van der Waals surface area contributed by atoms with E-state index in [0.29, 0.717) is 16.1 Å². The molecular formula is C15H17Cl2NS. The Morgan fingerprint density at radius 2 is 2.00 bits per heavy atom. The van der Waals surface area contributed by atoms with Gasteiger partial charge in [0.25, 0.3) is 0 Å². The van der Waals surface area contributed by atoms with Gasteiger partial charge < -0.3 is 5.32 Å². The van der Waals surface area contributed by atoms with Crippen molar-refractivity contribution >= 4 is 34.5 Å². The monoisotopic (exact) mass is 313 g/mol. The molecule has 1 N–H and O–H groups in total. The molecule has 0 aliphatic heterocycles. The molecule has 1 nitrogen and oxygen atoms in total. The van der Waals surface area contributed by atoms with Gasteiger partial charge in [-0.1, -0.05) is 36.2 Å². The summed E-state index contributed by atoms with van der Waals surface area (Å²) in [6.45, 7) is 5.24. The van der Waals surface area contributed by atoms with Crippen molar-refractivity contribution < 1.29 is 0 Å². The summed E-state index contributed by atoms with van der Waals surface area (Å²) in [6, 6.07) is 8.39. The molecule has 0 aliphatic rings. The van der Waals surface area contributed by atoms with Gasteiger partial charge in [0.2, 0.25) is 0 Å². The van der Waals surface area contributed by atoms with Gasteiger partial charge in [0.1, 0.15) is 0 Å². The van der Waals surface area contributed by atoms with Crippen LogP contribution in [0.3, 0.4) is 0 Å². The van der Waals surface area contributed by atoms with E-state index in [-0.39, 0.29) is 0 Å². The van der Waals surface area contributed by atoms with E-state index in [1.54, 1.807) is 11.3 Å². The van der Waals surface area contributed by atoms with Crippen LogP contribution in [0.5, 0.6) is 0 Å². The number of halogens is 2. The molecule has 1 unspecified atom stereocenters. The van der Waals surface area contributed by atoms with Crippen molar-refractivity contribution in [2.24, 2.45) is 0 Å². The third-order valence-electron chi connectivity index (χ3n) is 3.15. The fraction of sp³-hybridized carbons (Fsp3) is 0.333. The standard InChI is InChI=1S/C15H17Cl2NS/c1-3-18-15(12-6-7-19-10(12)2)9-11-4-5-13(16)14(17)8-11/h4-8,15,18H,3,9H2,1-2H3. The second-order valence-corrected chi connectivity index (χ2v) is 6.43. The summed E-state index contributed by atoms with van der Waals surface area (Å²) < 4.78 is 0. The van der Waals surface area contributed by atoms with Crippen LogP contribution in [0.25, 0.3) is 0 Å². The number of benzene rings is 1. The molecule has 0 aliphatic carbocycles. The van der Waals surface area contributed by atoms with Crippen LogP contribution in [0.4, 0.5) is 0 Å². The van der Waals surface area contributed by atoms with Crippen LogP contribution in [0.2, 0.25) is 10.0 Å². The molecule has 0 saturated heterocycles. The first-order valence-electron chi connectivity index (χ1n) is 6.33. The topological polar surface area (TPSA) is 12.0 Å². The number of aryl methyl sites for hydroxylation is 1. The highest BCUT2D eigenvalue weighted by Gasteiger charge is 2.14. The number of hydrogen-bond donors (Lipinski definition) is 1. The highest BCUT2D eigenvalue weighted by Crippen LogP contribution is 2.28. The highest BCUT2D eigenvalue weighted by molar-refractivity contribution is 7.10. The normalized spacial score (nSPS) is 12.6. The molecule has 4 heteroatoms. The largest absolute Gasteiger partial charge is 0.310 e. The van der Waals surface area contributed by atoms with Gasteiger partial charge in [0, 0.05) is 10.9 Å². The van der Waals surface area contributed by atoms with E-state index in [9.17, 15) is 0 Å². The molecule has 19 heavy (non-hydrogen) atoms. The lowest BCUT2D eigenvalue weighted by Crippen LogP contribution is -2.23. The van der Waals surface area contributed by atoms with E-state index >= 15 is 0 Å². The lowest BCUT2D eigenvalue weighted by Gasteiger charge is -2.18. The van der Waals surface area contributed by atoms with E-state index in [4.69, 9.17) is 23.2 Å². The number of hydrogen-bond acceptors (Lipinski definition) is 2. The summed E-state index contributed by atoms with van der Waals surface area (Å²) in [7, 11) is 0. The Morgan fingerprint density at radius 3 is 2.58 bits per heavy atom. The molecule has 1 aromatic heterocycles. The number of likely N-dealkylation sites (N-methyl/N-ethyl adjacent to an activating group) is 1. The third-order valence-corrected chi connectivity index (χ3v) is 4.75. The molecule has 2 rings (SSSR count). The maximum Gasteiger partial charge on any atom is 0.0595 e. The van der Waals surface area contributed by atoms with Gasteiger partial charge in [-0.25, -0.2) is 0 Å². The van der Waals surface area contributed by atoms with Crippen LogP contribution in [0.1, 0.15) is 29.0 Å². The average molecular weight is 314 g/mol. The first-order chi connectivity index (χ1) is 9.11. The molecule has 0 fully saturated rings. The molecule has 0 saturated carbocycles. The predicted molar refractivity (Wildman–Crippen MR) is 85.6 cm³/mol. The molecule has 0 amide bonds. The zero-order valence-corrected chi connectivity index (χ0v) is 13.4. The fourth-order valence-corrected chi connectivity index (χ4v) is 3.28. The summed E-state index contributed by atoms with van der Waals surface area (Å²) in [6.07, 6.45) is 0.919. The third kappa shape index (κ3) is 3.73. The fourth-order valence-electron chi connectivity index (χ4n) is 2.20. The van der Waals surface area contributed by atoms with Crippen molar-refractivity contribution in [1.82, 2.24) is 5.32 Å². The number of thiophene rings is 1. The Hall–Kier alpha value is -0.540. The summed E-state index contributed by atoms with van der Waals surface area (Å²) >= 11 is 13.8. The second-order valence-electron chi connectivity index (χ2n) is 4.49. The lowest BCUT2D eigenvalue weighted by molar-refractivity contribution is 0.549. The Bertz CT molecular complexity index is 551. The molecule has 0 bridgehead atoms. The van der Waals surface area contributed by atoms with E-state index in [2.05, 4.69) is 30.6 Å². The lowest BCUT2D eigenvalue weighted by atomic mass is 9.99. The molecule has 1 aromatic carbocycles. The summed E-state index contributed by atoms with van der Waals surface area (Å²) in [5.74, 6) is 0. The van der Waals surface area contributed by atoms with Gasteiger partial charge in [0.05, 0.1) is 10.0 Å². The Kier molecular flexibility index (Phi) is 5.28. The van der Waals surface area contributed by atoms with E-state index in [1.165, 1.54) is 16.0 Å². The van der Waals surface area contributed by atoms with Crippen LogP contribution in [0.15, 0.2) is 29.6 Å². The SMILES string of the molecule is CCNC(Cc1ccc(Cl)c(Cl)c1)c1ccsc1C. The smallest absolute Gasteiger partial charge is 0.0595 e. The Balaban J connectivity index is 2.21. The summed E-state index contributed by atoms with van der Waals surface area (Å²) in [5, 5.41) is 6.91. The van der Waals surface area contributed by atoms with Crippen molar-refractivity contribution in [3.63, 3.8) is 0 Å². The quantitative estimate of drug-likeness (QED) is 0.794. The van der Waals surface area contributed by atoms with Gasteiger partial charge in [-0.2, -0.15) is 0 Å². The molecule has 0 spiro atoms. The van der Waals surface area contributed by atoms with Crippen molar-refractivity contribution in [3.8, 4) is 0 Å². The van der Waals surface area contributed by atoms with Gasteiger partial charge in [0.15, 0.2) is 0 Å². The van der Waals surface area contributed by atoms with Crippen molar-refractivity contribution in [2.75, 3.05) is 6.54 Å². The van der Waals surface area contributed by atoms with Crippen LogP contribution in [0, 0.1) is 6.92 Å². The van der Waals surface area contributed by atoms with Crippen molar-refractivity contribution in [1.29, 1.82) is 0 Å². The first-order valence-corrected chi connectivity index (χ1v) is 7.96. The number of rotatable bonds is 5. The van der Waals surface area contributed by atoms with E-state index in [0.717, 1.165) is 13.0 Å². The molecule has 2 aromatic rings. The second kappa shape index (κ2) is 6.76. The number of nitrogens with one attached hydrogen (secondary N) is 1. The summed E-state index contributed by atoms with van der Waals surface area (Å²) in [5.41, 5.74) is 2.57. The minimum absolute atomic E-state index is 0.327. The maximum absolute atomic E-state index is 6.08. The minimum atomic E-state index is 0.327. The first kappa shape index (κ1) is 14.9. The average Bonchev–Trinajstić information content (AvgIpc) is 2.79. The van der Waals surface area contributed by atoms with E-state index < -0.39 is 0 Å². The molecule has 1 heterocycles. The van der Waals surface area contributed by atoms with Crippen LogP contribution < -0.4 is 5.32 Å². The van der Waals surface area contributed by atoms with Gasteiger partial charge >= 0.3 is 0 Å².